The van der Waals surface area contributed by atoms with Crippen LogP contribution in [0.15, 0.2) is 24.3 Å². The van der Waals surface area contributed by atoms with Crippen LogP contribution in [0.1, 0.15) is 24.2 Å². The van der Waals surface area contributed by atoms with Crippen molar-refractivity contribution in [3.63, 3.8) is 0 Å². The van der Waals surface area contributed by atoms with E-state index in [2.05, 4.69) is 0 Å². The van der Waals surface area contributed by atoms with Crippen molar-refractivity contribution >= 4 is 17.9 Å². The van der Waals surface area contributed by atoms with Gasteiger partial charge >= 0.3 is 108 Å². The summed E-state index contributed by atoms with van der Waals surface area (Å²) in [6, 6.07) is 6.42. The molecule has 7 heteroatoms. The fraction of sp³-hybridized carbons (Fsp3) is 0.182. The Morgan fingerprint density at radius 1 is 1.11 bits per heavy atom. The number of carbonyl (C=O) groups excluding carboxylic acids is 3. The van der Waals surface area contributed by atoms with Crippen LogP contribution in [0, 0.1) is 3.57 Å². The molecule has 1 heterocycles. The number of benzene rings is 1. The van der Waals surface area contributed by atoms with E-state index in [0.717, 1.165) is 0 Å². The van der Waals surface area contributed by atoms with Crippen LogP contribution in [-0.4, -0.2) is 17.9 Å². The van der Waals surface area contributed by atoms with Gasteiger partial charge in [0.25, 0.3) is 0 Å². The second-order valence-electron chi connectivity index (χ2n) is 3.40. The Morgan fingerprint density at radius 3 is 2.22 bits per heavy atom. The Kier molecular flexibility index (Phi) is 3.24. The summed E-state index contributed by atoms with van der Waals surface area (Å²) in [5.74, 6) is -1.95. The summed E-state index contributed by atoms with van der Waals surface area (Å²) in [4.78, 5) is 34.0. The SMILES string of the molecule is CC(=O)O[I-]1(OC(C)=O)OC(=O)c2ccccc21. The third kappa shape index (κ3) is 2.17. The van der Waals surface area contributed by atoms with Gasteiger partial charge in [0.15, 0.2) is 0 Å². The fourth-order valence-corrected chi connectivity index (χ4v) is 6.56. The van der Waals surface area contributed by atoms with E-state index in [4.69, 9.17) is 9.20 Å². The van der Waals surface area contributed by atoms with Gasteiger partial charge in [-0.25, -0.2) is 0 Å². The standard InChI is InChI=1S/C11H10IO6/c1-7(13)16-12(17-8(2)14)10-6-4-3-5-9(10)11(15)18-12/h3-6H,1-2H3/q-1. The van der Waals surface area contributed by atoms with Crippen molar-refractivity contribution < 1.29 is 43.3 Å². The molecule has 0 fully saturated rings. The number of halogens is 1. The van der Waals surface area contributed by atoms with Crippen LogP contribution in [0.4, 0.5) is 0 Å². The van der Waals surface area contributed by atoms with E-state index in [1.54, 1.807) is 18.2 Å². The quantitative estimate of drug-likeness (QED) is 0.568. The normalized spacial score (nSPS) is 17.3. The van der Waals surface area contributed by atoms with Crippen molar-refractivity contribution in [2.45, 2.75) is 13.8 Å². The zero-order valence-corrected chi connectivity index (χ0v) is 11.8. The maximum absolute atomic E-state index is 11.7. The Balaban J connectivity index is 2.52. The zero-order chi connectivity index (χ0) is 13.3. The molecular weight excluding hydrogens is 355 g/mol. The summed E-state index contributed by atoms with van der Waals surface area (Å²) in [5, 5.41) is 0. The van der Waals surface area contributed by atoms with Gasteiger partial charge in [0.1, 0.15) is 0 Å². The molecule has 0 radical (unpaired) electrons. The van der Waals surface area contributed by atoms with Gasteiger partial charge in [0.2, 0.25) is 0 Å². The van der Waals surface area contributed by atoms with Gasteiger partial charge in [-0.2, -0.15) is 0 Å². The van der Waals surface area contributed by atoms with Crippen LogP contribution in [0.2, 0.25) is 0 Å². The van der Waals surface area contributed by atoms with Crippen molar-refractivity contribution in [1.29, 1.82) is 0 Å². The Hall–Kier alpha value is -1.64. The van der Waals surface area contributed by atoms with Crippen LogP contribution in [0.5, 0.6) is 0 Å². The molecule has 1 aliphatic heterocycles. The van der Waals surface area contributed by atoms with Gasteiger partial charge < -0.3 is 0 Å². The molecule has 0 atom stereocenters. The first-order chi connectivity index (χ1) is 8.44. The minimum atomic E-state index is -4.29. The van der Waals surface area contributed by atoms with Crippen LogP contribution in [-0.2, 0) is 18.8 Å². The molecule has 0 unspecified atom stereocenters. The first-order valence-corrected chi connectivity index (χ1v) is 8.68. The molecule has 0 aromatic heterocycles. The van der Waals surface area contributed by atoms with Crippen molar-refractivity contribution in [2.75, 3.05) is 0 Å². The Morgan fingerprint density at radius 2 is 1.67 bits per heavy atom. The fourth-order valence-electron chi connectivity index (χ4n) is 1.42. The zero-order valence-electron chi connectivity index (χ0n) is 9.64. The minimum absolute atomic E-state index is 0.274. The number of rotatable bonds is 2. The molecule has 18 heavy (non-hydrogen) atoms. The van der Waals surface area contributed by atoms with E-state index in [-0.39, 0.29) is 5.56 Å². The number of hydrogen-bond donors (Lipinski definition) is 0. The predicted octanol–water partition coefficient (Wildman–Crippen LogP) is -1.94. The molecule has 2 rings (SSSR count). The van der Waals surface area contributed by atoms with Gasteiger partial charge in [-0.1, -0.05) is 0 Å². The van der Waals surface area contributed by atoms with Crippen LogP contribution >= 0.6 is 0 Å². The Labute approximate surface area is 108 Å². The molecule has 6 nitrogen and oxygen atoms in total. The summed E-state index contributed by atoms with van der Waals surface area (Å²) in [6.45, 7) is 2.34. The molecule has 0 amide bonds. The molecule has 1 aliphatic rings. The molecule has 0 N–H and O–H groups in total. The van der Waals surface area contributed by atoms with E-state index in [9.17, 15) is 14.4 Å². The predicted molar refractivity (Wildman–Crippen MR) is 54.1 cm³/mol. The summed E-state index contributed by atoms with van der Waals surface area (Å²) in [6.07, 6.45) is 0. The summed E-state index contributed by atoms with van der Waals surface area (Å²) < 4.78 is 15.6. The monoisotopic (exact) mass is 365 g/mol. The molecule has 0 aliphatic carbocycles. The van der Waals surface area contributed by atoms with Crippen molar-refractivity contribution in [3.05, 3.63) is 33.4 Å². The van der Waals surface area contributed by atoms with E-state index < -0.39 is 37.6 Å². The van der Waals surface area contributed by atoms with E-state index in [1.165, 1.54) is 19.9 Å². The topological polar surface area (TPSA) is 78.9 Å². The van der Waals surface area contributed by atoms with Crippen LogP contribution in [0.25, 0.3) is 0 Å². The molecular formula is C11H10IO6-. The third-order valence-corrected chi connectivity index (χ3v) is 7.68. The van der Waals surface area contributed by atoms with E-state index in [1.807, 2.05) is 0 Å². The van der Waals surface area contributed by atoms with Crippen molar-refractivity contribution in [1.82, 2.24) is 0 Å². The Bertz CT molecular complexity index is 517. The average Bonchev–Trinajstić information content (AvgIpc) is 2.51. The molecule has 0 saturated carbocycles. The average molecular weight is 365 g/mol. The van der Waals surface area contributed by atoms with Crippen molar-refractivity contribution in [2.24, 2.45) is 0 Å². The molecule has 1 aromatic rings. The number of hydrogen-bond acceptors (Lipinski definition) is 6. The maximum atomic E-state index is 11.7. The first kappa shape index (κ1) is 12.8. The molecule has 0 bridgehead atoms. The summed E-state index contributed by atoms with van der Waals surface area (Å²) >= 11 is -4.29. The van der Waals surface area contributed by atoms with Gasteiger partial charge in [-0.15, -0.1) is 0 Å². The molecule has 0 spiro atoms. The molecule has 0 saturated heterocycles. The van der Waals surface area contributed by atoms with Crippen LogP contribution in [0.3, 0.4) is 0 Å². The third-order valence-electron chi connectivity index (χ3n) is 1.94. The van der Waals surface area contributed by atoms with Gasteiger partial charge in [-0.3, -0.25) is 0 Å². The summed E-state index contributed by atoms with van der Waals surface area (Å²) in [7, 11) is 0. The number of carbonyl (C=O) groups is 3. The second kappa shape index (κ2) is 4.56. The van der Waals surface area contributed by atoms with E-state index >= 15 is 0 Å². The first-order valence-electron chi connectivity index (χ1n) is 4.95. The van der Waals surface area contributed by atoms with Gasteiger partial charge in [0.05, 0.1) is 0 Å². The molecule has 1 aromatic carbocycles. The second-order valence-corrected chi connectivity index (χ2v) is 8.29. The number of fused-ring (bicyclic) bond motifs is 1. The van der Waals surface area contributed by atoms with Gasteiger partial charge in [-0.05, 0) is 0 Å². The van der Waals surface area contributed by atoms with Crippen molar-refractivity contribution in [3.8, 4) is 0 Å². The van der Waals surface area contributed by atoms with E-state index in [0.29, 0.717) is 3.57 Å². The van der Waals surface area contributed by atoms with Crippen LogP contribution < -0.4 is 19.7 Å². The van der Waals surface area contributed by atoms with Gasteiger partial charge in [0, 0.05) is 0 Å². The molecule has 98 valence electrons. The summed E-state index contributed by atoms with van der Waals surface area (Å²) in [5.41, 5.74) is 0.274.